The van der Waals surface area contributed by atoms with E-state index < -0.39 is 23.8 Å². The van der Waals surface area contributed by atoms with Gasteiger partial charge in [-0.2, -0.15) is 0 Å². The number of benzene rings is 1. The summed E-state index contributed by atoms with van der Waals surface area (Å²) in [6, 6.07) is 4.16. The molecule has 1 aromatic carbocycles. The second-order valence-electron chi connectivity index (χ2n) is 3.92. The van der Waals surface area contributed by atoms with E-state index in [1.807, 2.05) is 0 Å². The Bertz CT molecular complexity index is 483. The van der Waals surface area contributed by atoms with Gasteiger partial charge in [-0.1, -0.05) is 0 Å². The number of nitrogens with two attached hydrogens (primary N) is 1. The molecule has 7 nitrogen and oxygen atoms in total. The van der Waals surface area contributed by atoms with Crippen LogP contribution in [0, 0.1) is 0 Å². The molecule has 0 saturated carbocycles. The van der Waals surface area contributed by atoms with E-state index in [1.165, 1.54) is 24.3 Å². The number of aliphatic carboxylic acids is 1. The molecule has 0 aliphatic rings. The number of hydrogen-bond donors (Lipinski definition) is 4. The van der Waals surface area contributed by atoms with Gasteiger partial charge in [0, 0.05) is 12.0 Å². The first-order valence-corrected chi connectivity index (χ1v) is 5.51. The van der Waals surface area contributed by atoms with Crippen molar-refractivity contribution < 1.29 is 24.6 Å². The highest BCUT2D eigenvalue weighted by molar-refractivity contribution is 5.96. The van der Waals surface area contributed by atoms with Gasteiger partial charge in [0.1, 0.15) is 11.8 Å². The van der Waals surface area contributed by atoms with Crippen LogP contribution in [0.25, 0.3) is 0 Å². The minimum absolute atomic E-state index is 0.0000584. The summed E-state index contributed by atoms with van der Waals surface area (Å²) in [6.07, 6.45) is -0.207. The van der Waals surface area contributed by atoms with Crippen molar-refractivity contribution in [2.75, 3.05) is 0 Å². The fourth-order valence-electron chi connectivity index (χ4n) is 1.40. The molecule has 0 saturated heterocycles. The lowest BCUT2D eigenvalue weighted by atomic mass is 10.1. The summed E-state index contributed by atoms with van der Waals surface area (Å²) in [4.78, 5) is 33.3. The van der Waals surface area contributed by atoms with Gasteiger partial charge in [0.2, 0.25) is 5.91 Å². The first-order chi connectivity index (χ1) is 8.90. The average molecular weight is 266 g/mol. The van der Waals surface area contributed by atoms with Gasteiger partial charge in [0.15, 0.2) is 0 Å². The lowest BCUT2D eigenvalue weighted by Gasteiger charge is -2.13. The molecular formula is C12H14N2O5. The van der Waals surface area contributed by atoms with Gasteiger partial charge >= 0.3 is 5.97 Å². The van der Waals surface area contributed by atoms with Crippen molar-refractivity contribution in [3.63, 3.8) is 0 Å². The molecule has 0 fully saturated rings. The van der Waals surface area contributed by atoms with E-state index in [9.17, 15) is 14.4 Å². The van der Waals surface area contributed by atoms with Crippen LogP contribution in [0.3, 0.4) is 0 Å². The molecule has 5 N–H and O–H groups in total. The molecule has 19 heavy (non-hydrogen) atoms. The molecule has 1 atom stereocenters. The molecule has 1 aromatic rings. The highest BCUT2D eigenvalue weighted by Crippen LogP contribution is 2.10. The first-order valence-electron chi connectivity index (χ1n) is 5.51. The number of rotatable bonds is 6. The fraction of sp³-hybridized carbons (Fsp3) is 0.250. The summed E-state index contributed by atoms with van der Waals surface area (Å²) in [6.45, 7) is 0. The molecule has 7 heteroatoms. The van der Waals surface area contributed by atoms with Gasteiger partial charge in [-0.05, 0) is 30.7 Å². The molecular weight excluding hydrogens is 252 g/mol. The number of carboxylic acid groups (broad SMARTS) is 1. The smallest absolute Gasteiger partial charge is 0.326 e. The molecule has 102 valence electrons. The quantitative estimate of drug-likeness (QED) is 0.568. The van der Waals surface area contributed by atoms with Crippen LogP contribution in [0.4, 0.5) is 0 Å². The maximum absolute atomic E-state index is 11.7. The Morgan fingerprint density at radius 3 is 2.26 bits per heavy atom. The normalized spacial score (nSPS) is 11.6. The van der Waals surface area contributed by atoms with E-state index in [2.05, 4.69) is 5.32 Å². The van der Waals surface area contributed by atoms with Crippen LogP contribution in [0.15, 0.2) is 24.3 Å². The van der Waals surface area contributed by atoms with Crippen LogP contribution in [0.5, 0.6) is 5.75 Å². The summed E-state index contributed by atoms with van der Waals surface area (Å²) in [5.41, 5.74) is 5.14. The predicted octanol–water partition coefficient (Wildman–Crippen LogP) is -0.159. The Morgan fingerprint density at radius 1 is 1.21 bits per heavy atom. The molecule has 2 amide bonds. The van der Waals surface area contributed by atoms with Crippen LogP contribution in [0.1, 0.15) is 23.2 Å². The van der Waals surface area contributed by atoms with Crippen LogP contribution < -0.4 is 11.1 Å². The van der Waals surface area contributed by atoms with Crippen molar-refractivity contribution in [1.82, 2.24) is 5.32 Å². The summed E-state index contributed by atoms with van der Waals surface area (Å²) in [5.74, 6) is -2.48. The van der Waals surface area contributed by atoms with Crippen molar-refractivity contribution in [2.24, 2.45) is 5.73 Å². The van der Waals surface area contributed by atoms with Crippen LogP contribution in [-0.2, 0) is 9.59 Å². The zero-order chi connectivity index (χ0) is 14.4. The zero-order valence-electron chi connectivity index (χ0n) is 10.00. The topological polar surface area (TPSA) is 130 Å². The standard InChI is InChI=1S/C12H14N2O5/c13-10(16)6-5-9(12(18)19)14-11(17)7-1-3-8(15)4-2-7/h1-4,9,15H,5-6H2,(H2,13,16)(H,14,17)(H,18,19)/t9-/m0/s1. The van der Waals surface area contributed by atoms with Crippen LogP contribution in [-0.4, -0.2) is 34.0 Å². The van der Waals surface area contributed by atoms with Crippen molar-refractivity contribution >= 4 is 17.8 Å². The first kappa shape index (κ1) is 14.5. The van der Waals surface area contributed by atoms with Gasteiger partial charge in [0.05, 0.1) is 0 Å². The molecule has 0 spiro atoms. The molecule has 0 aromatic heterocycles. The van der Waals surface area contributed by atoms with E-state index in [1.54, 1.807) is 0 Å². The van der Waals surface area contributed by atoms with Gasteiger partial charge in [-0.3, -0.25) is 9.59 Å². The summed E-state index contributed by atoms with van der Waals surface area (Å²) in [5, 5.41) is 20.3. The third-order valence-electron chi connectivity index (χ3n) is 2.41. The van der Waals surface area contributed by atoms with E-state index >= 15 is 0 Å². The molecule has 0 aliphatic heterocycles. The molecule has 0 heterocycles. The number of phenols is 1. The molecule has 0 bridgehead atoms. The third-order valence-corrected chi connectivity index (χ3v) is 2.41. The zero-order valence-corrected chi connectivity index (χ0v) is 10.00. The number of amides is 2. The molecule has 0 aliphatic carbocycles. The Balaban J connectivity index is 2.68. The number of hydrogen-bond acceptors (Lipinski definition) is 4. The Kier molecular flexibility index (Phi) is 4.87. The van der Waals surface area contributed by atoms with E-state index in [0.29, 0.717) is 0 Å². The number of carbonyl (C=O) groups is 3. The van der Waals surface area contributed by atoms with Crippen LogP contribution in [0.2, 0.25) is 0 Å². The Hall–Kier alpha value is -2.57. The highest BCUT2D eigenvalue weighted by atomic mass is 16.4. The SMILES string of the molecule is NC(=O)CC[C@H](NC(=O)c1ccc(O)cc1)C(=O)O. The van der Waals surface area contributed by atoms with Crippen molar-refractivity contribution in [1.29, 1.82) is 0 Å². The largest absolute Gasteiger partial charge is 0.508 e. The monoisotopic (exact) mass is 266 g/mol. The lowest BCUT2D eigenvalue weighted by molar-refractivity contribution is -0.139. The van der Waals surface area contributed by atoms with Gasteiger partial charge < -0.3 is 21.3 Å². The van der Waals surface area contributed by atoms with Gasteiger partial charge in [0.25, 0.3) is 5.91 Å². The van der Waals surface area contributed by atoms with E-state index in [4.69, 9.17) is 15.9 Å². The summed E-state index contributed by atoms with van der Waals surface area (Å²) >= 11 is 0. The van der Waals surface area contributed by atoms with E-state index in [-0.39, 0.29) is 24.2 Å². The number of carboxylic acids is 1. The number of aromatic hydroxyl groups is 1. The predicted molar refractivity (Wildman–Crippen MR) is 65.4 cm³/mol. The van der Waals surface area contributed by atoms with Gasteiger partial charge in [-0.15, -0.1) is 0 Å². The maximum Gasteiger partial charge on any atom is 0.326 e. The van der Waals surface area contributed by atoms with Crippen molar-refractivity contribution in [3.05, 3.63) is 29.8 Å². The highest BCUT2D eigenvalue weighted by Gasteiger charge is 2.21. The second kappa shape index (κ2) is 6.39. The number of phenolic OH excluding ortho intramolecular Hbond substituents is 1. The summed E-state index contributed by atoms with van der Waals surface area (Å²) in [7, 11) is 0. The average Bonchev–Trinajstić information content (AvgIpc) is 2.34. The van der Waals surface area contributed by atoms with Crippen molar-refractivity contribution in [3.8, 4) is 5.75 Å². The summed E-state index contributed by atoms with van der Waals surface area (Å²) < 4.78 is 0. The fourth-order valence-corrected chi connectivity index (χ4v) is 1.40. The molecule has 1 rings (SSSR count). The number of carbonyl (C=O) groups excluding carboxylic acids is 2. The van der Waals surface area contributed by atoms with Crippen LogP contribution >= 0.6 is 0 Å². The van der Waals surface area contributed by atoms with E-state index in [0.717, 1.165) is 0 Å². The minimum Gasteiger partial charge on any atom is -0.508 e. The minimum atomic E-state index is -1.24. The Labute approximate surface area is 109 Å². The molecule has 0 unspecified atom stereocenters. The molecule has 0 radical (unpaired) electrons. The number of primary amides is 1. The number of nitrogens with one attached hydrogen (secondary N) is 1. The van der Waals surface area contributed by atoms with Crippen molar-refractivity contribution in [2.45, 2.75) is 18.9 Å². The second-order valence-corrected chi connectivity index (χ2v) is 3.92. The third kappa shape index (κ3) is 4.66. The maximum atomic E-state index is 11.7. The Morgan fingerprint density at radius 2 is 1.79 bits per heavy atom. The van der Waals surface area contributed by atoms with Gasteiger partial charge in [-0.25, -0.2) is 4.79 Å². The lowest BCUT2D eigenvalue weighted by Crippen LogP contribution is -2.41.